The summed E-state index contributed by atoms with van der Waals surface area (Å²) in [5.74, 6) is -0.171. The van der Waals surface area contributed by atoms with Gasteiger partial charge in [-0.05, 0) is 70.4 Å². The molecule has 4 rings (SSSR count). The van der Waals surface area contributed by atoms with E-state index in [1.807, 2.05) is 18.7 Å². The van der Waals surface area contributed by atoms with Gasteiger partial charge in [-0.2, -0.15) is 23.0 Å². The van der Waals surface area contributed by atoms with E-state index in [0.717, 1.165) is 37.5 Å². The van der Waals surface area contributed by atoms with Crippen LogP contribution in [0.5, 0.6) is 0 Å². The molecule has 1 aliphatic rings. The first-order valence-electron chi connectivity index (χ1n) is 11.8. The van der Waals surface area contributed by atoms with Crippen molar-refractivity contribution in [2.75, 3.05) is 0 Å². The van der Waals surface area contributed by atoms with Crippen LogP contribution in [0.25, 0.3) is 5.82 Å². The van der Waals surface area contributed by atoms with Crippen LogP contribution in [-0.4, -0.2) is 48.5 Å². The Morgan fingerprint density at radius 3 is 2.41 bits per heavy atom. The van der Waals surface area contributed by atoms with Gasteiger partial charge in [0.25, 0.3) is 11.8 Å². The molecule has 3 aromatic rings. The van der Waals surface area contributed by atoms with Crippen LogP contribution < -0.4 is 5.32 Å². The Morgan fingerprint density at radius 2 is 1.78 bits per heavy atom. The molecule has 0 saturated carbocycles. The molecule has 0 bridgehead atoms. The van der Waals surface area contributed by atoms with Gasteiger partial charge in [0.2, 0.25) is 0 Å². The van der Waals surface area contributed by atoms with E-state index in [0.29, 0.717) is 17.2 Å². The molecule has 2 aromatic heterocycles. The highest BCUT2D eigenvalue weighted by Gasteiger charge is 2.32. The molecule has 37 heavy (non-hydrogen) atoms. The molecule has 196 valence electrons. The summed E-state index contributed by atoms with van der Waals surface area (Å²) in [7, 11) is 0. The van der Waals surface area contributed by atoms with E-state index in [4.69, 9.17) is 11.6 Å². The third-order valence-corrected chi connectivity index (χ3v) is 6.65. The molecule has 8 nitrogen and oxygen atoms in total. The Kier molecular flexibility index (Phi) is 7.54. The predicted octanol–water partition coefficient (Wildman–Crippen LogP) is 5.23. The summed E-state index contributed by atoms with van der Waals surface area (Å²) < 4.78 is 40.7. The summed E-state index contributed by atoms with van der Waals surface area (Å²) in [6, 6.07) is 5.50. The molecule has 0 aliphatic carbocycles. The summed E-state index contributed by atoms with van der Waals surface area (Å²) >= 11 is 5.80. The number of halogens is 4. The van der Waals surface area contributed by atoms with Gasteiger partial charge < -0.3 is 10.2 Å². The van der Waals surface area contributed by atoms with Gasteiger partial charge in [0.05, 0.1) is 17.2 Å². The van der Waals surface area contributed by atoms with E-state index < -0.39 is 23.7 Å². The minimum absolute atomic E-state index is 0.0852. The van der Waals surface area contributed by atoms with Crippen LogP contribution in [0.4, 0.5) is 13.2 Å². The second-order valence-electron chi connectivity index (χ2n) is 9.20. The maximum absolute atomic E-state index is 13.1. The Bertz CT molecular complexity index is 1280. The predicted molar refractivity (Wildman–Crippen MR) is 130 cm³/mol. The van der Waals surface area contributed by atoms with E-state index in [1.54, 1.807) is 19.1 Å². The summed E-state index contributed by atoms with van der Waals surface area (Å²) in [5.41, 5.74) is -0.804. The molecule has 1 N–H and O–H groups in total. The zero-order valence-corrected chi connectivity index (χ0v) is 21.2. The second kappa shape index (κ2) is 10.5. The van der Waals surface area contributed by atoms with Crippen molar-refractivity contribution in [2.45, 2.75) is 64.3 Å². The lowest BCUT2D eigenvalue weighted by molar-refractivity contribution is -0.137. The first kappa shape index (κ1) is 26.6. The van der Waals surface area contributed by atoms with Gasteiger partial charge in [-0.1, -0.05) is 11.6 Å². The number of piperidine rings is 1. The average Bonchev–Trinajstić information content (AvgIpc) is 3.33. The van der Waals surface area contributed by atoms with E-state index in [9.17, 15) is 22.8 Å². The standard InChI is InChI=1S/C25H26ClF3N6O2/c1-14-5-4-6-15(2)34(14)24(37)17-7-8-21(30-12-17)35-22(31-13-32-35)16(3)33-23(36)18-9-19(25(27,28)29)11-20(26)10-18/h7-16H,4-6H2,1-3H3,(H,33,36)/t14-,15-,16-/m0/s1. The molecular formula is C25H26ClF3N6O2. The zero-order chi connectivity index (χ0) is 26.9. The Morgan fingerprint density at radius 1 is 1.08 bits per heavy atom. The Hall–Kier alpha value is -3.47. The number of nitrogens with one attached hydrogen (secondary N) is 1. The molecule has 0 unspecified atom stereocenters. The van der Waals surface area contributed by atoms with E-state index in [2.05, 4.69) is 20.4 Å². The van der Waals surface area contributed by atoms with Crippen LogP contribution in [0.3, 0.4) is 0 Å². The fraction of sp³-hybridized carbons (Fsp3) is 0.400. The topological polar surface area (TPSA) is 93.0 Å². The van der Waals surface area contributed by atoms with Gasteiger partial charge >= 0.3 is 6.18 Å². The summed E-state index contributed by atoms with van der Waals surface area (Å²) in [6.07, 6.45) is 1.12. The minimum atomic E-state index is -4.64. The number of hydrogen-bond acceptors (Lipinski definition) is 5. The van der Waals surface area contributed by atoms with E-state index in [-0.39, 0.29) is 28.6 Å². The molecule has 1 saturated heterocycles. The van der Waals surface area contributed by atoms with Crippen molar-refractivity contribution in [1.82, 2.24) is 30.0 Å². The number of alkyl halides is 3. The van der Waals surface area contributed by atoms with Gasteiger partial charge in [-0.15, -0.1) is 0 Å². The lowest BCUT2D eigenvalue weighted by Gasteiger charge is -2.39. The number of benzene rings is 1. The third kappa shape index (κ3) is 5.76. The van der Waals surface area contributed by atoms with Gasteiger partial charge in [-0.3, -0.25) is 9.59 Å². The van der Waals surface area contributed by atoms with Gasteiger partial charge in [0.15, 0.2) is 11.6 Å². The van der Waals surface area contributed by atoms with Crippen LogP contribution in [0.1, 0.15) is 78.2 Å². The number of pyridine rings is 1. The minimum Gasteiger partial charge on any atom is -0.342 e. The van der Waals surface area contributed by atoms with Crippen LogP contribution in [0.2, 0.25) is 5.02 Å². The lowest BCUT2D eigenvalue weighted by Crippen LogP contribution is -2.47. The van der Waals surface area contributed by atoms with Crippen molar-refractivity contribution in [1.29, 1.82) is 0 Å². The monoisotopic (exact) mass is 534 g/mol. The summed E-state index contributed by atoms with van der Waals surface area (Å²) in [5, 5.41) is 6.58. The average molecular weight is 535 g/mol. The first-order chi connectivity index (χ1) is 17.5. The number of carbonyl (C=O) groups excluding carboxylic acids is 2. The number of aromatic nitrogens is 4. The van der Waals surface area contributed by atoms with Crippen molar-refractivity contribution in [2.24, 2.45) is 0 Å². The van der Waals surface area contributed by atoms with Crippen molar-refractivity contribution in [3.05, 3.63) is 70.4 Å². The molecular weight excluding hydrogens is 509 g/mol. The van der Waals surface area contributed by atoms with Gasteiger partial charge in [-0.25, -0.2) is 9.97 Å². The van der Waals surface area contributed by atoms with Crippen LogP contribution in [0.15, 0.2) is 42.9 Å². The first-order valence-corrected chi connectivity index (χ1v) is 12.2. The highest BCUT2D eigenvalue weighted by atomic mass is 35.5. The lowest BCUT2D eigenvalue weighted by atomic mass is 9.96. The van der Waals surface area contributed by atoms with Gasteiger partial charge in [0, 0.05) is 28.9 Å². The quantitative estimate of drug-likeness (QED) is 0.484. The SMILES string of the molecule is C[C@H](NC(=O)c1cc(Cl)cc(C(F)(F)F)c1)c1ncnn1-c1ccc(C(=O)N2[C@@H](C)CCC[C@@H]2C)cn1. The Labute approximate surface area is 216 Å². The van der Waals surface area contributed by atoms with Crippen molar-refractivity contribution >= 4 is 23.4 Å². The normalized spacial score (nSPS) is 18.9. The molecule has 0 radical (unpaired) electrons. The van der Waals surface area contributed by atoms with Crippen LogP contribution in [0, 0.1) is 0 Å². The van der Waals surface area contributed by atoms with Crippen LogP contribution >= 0.6 is 11.6 Å². The Balaban J connectivity index is 1.51. The zero-order valence-electron chi connectivity index (χ0n) is 20.5. The van der Waals surface area contributed by atoms with Crippen molar-refractivity contribution in [3.63, 3.8) is 0 Å². The fourth-order valence-electron chi connectivity index (χ4n) is 4.56. The van der Waals surface area contributed by atoms with E-state index >= 15 is 0 Å². The number of carbonyl (C=O) groups is 2. The molecule has 12 heteroatoms. The maximum atomic E-state index is 13.1. The molecule has 1 aromatic carbocycles. The van der Waals surface area contributed by atoms with Gasteiger partial charge in [0.1, 0.15) is 6.33 Å². The smallest absolute Gasteiger partial charge is 0.342 e. The number of likely N-dealkylation sites (tertiary alicyclic amines) is 1. The highest BCUT2D eigenvalue weighted by Crippen LogP contribution is 2.32. The second-order valence-corrected chi connectivity index (χ2v) is 9.63. The molecule has 0 spiro atoms. The highest BCUT2D eigenvalue weighted by molar-refractivity contribution is 6.31. The number of nitrogens with zero attached hydrogens (tertiary/aromatic N) is 5. The molecule has 3 heterocycles. The summed E-state index contributed by atoms with van der Waals surface area (Å²) in [4.78, 5) is 36.2. The number of rotatable bonds is 5. The fourth-order valence-corrected chi connectivity index (χ4v) is 4.79. The third-order valence-electron chi connectivity index (χ3n) is 6.44. The summed E-state index contributed by atoms with van der Waals surface area (Å²) in [6.45, 7) is 5.70. The maximum Gasteiger partial charge on any atom is 0.416 e. The molecule has 1 aliphatic heterocycles. The van der Waals surface area contributed by atoms with Crippen LogP contribution in [-0.2, 0) is 6.18 Å². The van der Waals surface area contributed by atoms with E-state index in [1.165, 1.54) is 17.2 Å². The van der Waals surface area contributed by atoms with Crippen molar-refractivity contribution < 1.29 is 22.8 Å². The number of amides is 2. The molecule has 1 fully saturated rings. The number of hydrogen-bond donors (Lipinski definition) is 1. The largest absolute Gasteiger partial charge is 0.416 e. The molecule has 3 atom stereocenters. The van der Waals surface area contributed by atoms with Crippen molar-refractivity contribution in [3.8, 4) is 5.82 Å². The molecule has 2 amide bonds.